The molecule has 0 amide bonds. The van der Waals surface area contributed by atoms with Crippen LogP contribution in [0.5, 0.6) is 0 Å². The highest BCUT2D eigenvalue weighted by atomic mass is 35.5. The highest BCUT2D eigenvalue weighted by molar-refractivity contribution is 5.85. The summed E-state index contributed by atoms with van der Waals surface area (Å²) < 4.78 is 12.5. The summed E-state index contributed by atoms with van der Waals surface area (Å²) in [5.41, 5.74) is 0. The summed E-state index contributed by atoms with van der Waals surface area (Å²) in [6, 6.07) is 0. The number of halogens is 2. The number of rotatable bonds is 1. The molecule has 78 valence electrons. The third-order valence-corrected chi connectivity index (χ3v) is 2.01. The van der Waals surface area contributed by atoms with Crippen molar-refractivity contribution in [1.29, 1.82) is 0 Å². The minimum atomic E-state index is -0.390. The third-order valence-electron chi connectivity index (χ3n) is 2.01. The predicted molar refractivity (Wildman–Crippen MR) is 54.3 cm³/mol. The molecule has 14 heavy (non-hydrogen) atoms. The standard InChI is InChI=1S/C8H11FN4.ClH/c9-7-5-11-8(12-6-7)13-3-1-10-2-4-13;/h5-6,10H,1-4H2;1H. The monoisotopic (exact) mass is 218 g/mol. The van der Waals surface area contributed by atoms with Gasteiger partial charge in [0.05, 0.1) is 12.4 Å². The molecule has 1 N–H and O–H groups in total. The average molecular weight is 219 g/mol. The minimum absolute atomic E-state index is 0. The first kappa shape index (κ1) is 11.1. The van der Waals surface area contributed by atoms with Crippen molar-refractivity contribution < 1.29 is 4.39 Å². The molecular formula is C8H12ClFN4. The maximum Gasteiger partial charge on any atom is 0.225 e. The lowest BCUT2D eigenvalue weighted by Crippen LogP contribution is -2.44. The van der Waals surface area contributed by atoms with Crippen LogP contribution in [0.2, 0.25) is 0 Å². The summed E-state index contributed by atoms with van der Waals surface area (Å²) in [7, 11) is 0. The van der Waals surface area contributed by atoms with E-state index in [1.54, 1.807) is 0 Å². The van der Waals surface area contributed by atoms with E-state index in [1.165, 1.54) is 12.4 Å². The Kier molecular flexibility index (Phi) is 4.03. The predicted octanol–water partition coefficient (Wildman–Crippen LogP) is 0.447. The number of anilines is 1. The van der Waals surface area contributed by atoms with Crippen LogP contribution in [0.15, 0.2) is 12.4 Å². The Labute approximate surface area is 88.0 Å². The van der Waals surface area contributed by atoms with E-state index in [9.17, 15) is 4.39 Å². The highest BCUT2D eigenvalue weighted by Crippen LogP contribution is 2.06. The first-order valence-electron chi connectivity index (χ1n) is 4.29. The van der Waals surface area contributed by atoms with Crippen LogP contribution < -0.4 is 10.2 Å². The summed E-state index contributed by atoms with van der Waals surface area (Å²) >= 11 is 0. The number of hydrogen-bond acceptors (Lipinski definition) is 4. The van der Waals surface area contributed by atoms with Gasteiger partial charge in [0.15, 0.2) is 5.82 Å². The van der Waals surface area contributed by atoms with Crippen LogP contribution in [0.4, 0.5) is 10.3 Å². The Morgan fingerprint density at radius 2 is 1.79 bits per heavy atom. The molecule has 1 aromatic rings. The van der Waals surface area contributed by atoms with Gasteiger partial charge < -0.3 is 10.2 Å². The molecule has 2 rings (SSSR count). The summed E-state index contributed by atoms with van der Waals surface area (Å²) in [5.74, 6) is 0.224. The topological polar surface area (TPSA) is 41.1 Å². The van der Waals surface area contributed by atoms with Crippen molar-refractivity contribution in [2.45, 2.75) is 0 Å². The molecule has 6 heteroatoms. The van der Waals surface area contributed by atoms with Gasteiger partial charge >= 0.3 is 0 Å². The summed E-state index contributed by atoms with van der Waals surface area (Å²) in [6.45, 7) is 3.62. The van der Waals surface area contributed by atoms with Crippen LogP contribution >= 0.6 is 12.4 Å². The maximum absolute atomic E-state index is 12.5. The van der Waals surface area contributed by atoms with Crippen LogP contribution in [0.25, 0.3) is 0 Å². The van der Waals surface area contributed by atoms with E-state index in [4.69, 9.17) is 0 Å². The molecule has 1 aliphatic heterocycles. The van der Waals surface area contributed by atoms with Crippen molar-refractivity contribution in [3.8, 4) is 0 Å². The van der Waals surface area contributed by atoms with E-state index >= 15 is 0 Å². The molecule has 1 fully saturated rings. The molecule has 0 aromatic carbocycles. The molecule has 2 heterocycles. The molecule has 0 radical (unpaired) electrons. The van der Waals surface area contributed by atoms with Gasteiger partial charge in [0.2, 0.25) is 5.95 Å². The molecule has 0 unspecified atom stereocenters. The average Bonchev–Trinajstić information content (AvgIpc) is 2.20. The Balaban J connectivity index is 0.000000980. The van der Waals surface area contributed by atoms with Crippen molar-refractivity contribution in [1.82, 2.24) is 15.3 Å². The van der Waals surface area contributed by atoms with Gasteiger partial charge in [0.1, 0.15) is 0 Å². The third kappa shape index (κ3) is 2.52. The van der Waals surface area contributed by atoms with Gasteiger partial charge in [-0.2, -0.15) is 0 Å². The summed E-state index contributed by atoms with van der Waals surface area (Å²) in [6.07, 6.45) is 2.40. The number of nitrogens with one attached hydrogen (secondary N) is 1. The number of nitrogens with zero attached hydrogens (tertiary/aromatic N) is 3. The molecule has 0 aliphatic carbocycles. The molecule has 0 atom stereocenters. The molecule has 0 saturated carbocycles. The molecule has 4 nitrogen and oxygen atoms in total. The fraction of sp³-hybridized carbons (Fsp3) is 0.500. The van der Waals surface area contributed by atoms with Gasteiger partial charge in [-0.05, 0) is 0 Å². The normalized spacial score (nSPS) is 16.2. The zero-order chi connectivity index (χ0) is 9.10. The van der Waals surface area contributed by atoms with Crippen molar-refractivity contribution in [3.63, 3.8) is 0 Å². The van der Waals surface area contributed by atoms with E-state index in [1.807, 2.05) is 4.90 Å². The van der Waals surface area contributed by atoms with Gasteiger partial charge in [0, 0.05) is 26.2 Å². The van der Waals surface area contributed by atoms with Crippen LogP contribution in [-0.4, -0.2) is 36.1 Å². The molecule has 1 aliphatic rings. The van der Waals surface area contributed by atoms with Crippen molar-refractivity contribution in [2.24, 2.45) is 0 Å². The highest BCUT2D eigenvalue weighted by Gasteiger charge is 2.12. The second-order valence-electron chi connectivity index (χ2n) is 2.94. The zero-order valence-electron chi connectivity index (χ0n) is 7.61. The van der Waals surface area contributed by atoms with Crippen molar-refractivity contribution in [2.75, 3.05) is 31.1 Å². The number of piperazine rings is 1. The van der Waals surface area contributed by atoms with E-state index in [0.29, 0.717) is 5.95 Å². The lowest BCUT2D eigenvalue weighted by molar-refractivity contribution is 0.572. The van der Waals surface area contributed by atoms with E-state index in [-0.39, 0.29) is 18.2 Å². The van der Waals surface area contributed by atoms with E-state index in [2.05, 4.69) is 15.3 Å². The Morgan fingerprint density at radius 1 is 1.21 bits per heavy atom. The first-order valence-corrected chi connectivity index (χ1v) is 4.29. The molecular weight excluding hydrogens is 207 g/mol. The second-order valence-corrected chi connectivity index (χ2v) is 2.94. The molecule has 1 aromatic heterocycles. The SMILES string of the molecule is Cl.Fc1cnc(N2CCNCC2)nc1. The largest absolute Gasteiger partial charge is 0.338 e. The van der Waals surface area contributed by atoms with Crippen LogP contribution in [-0.2, 0) is 0 Å². The van der Waals surface area contributed by atoms with Gasteiger partial charge in [-0.15, -0.1) is 12.4 Å². The zero-order valence-corrected chi connectivity index (χ0v) is 8.43. The second kappa shape index (κ2) is 5.07. The lowest BCUT2D eigenvalue weighted by Gasteiger charge is -2.26. The van der Waals surface area contributed by atoms with Gasteiger partial charge in [0.25, 0.3) is 0 Å². The first-order chi connectivity index (χ1) is 6.36. The fourth-order valence-electron chi connectivity index (χ4n) is 1.33. The minimum Gasteiger partial charge on any atom is -0.338 e. The molecule has 1 saturated heterocycles. The maximum atomic E-state index is 12.5. The smallest absolute Gasteiger partial charge is 0.225 e. The van der Waals surface area contributed by atoms with Crippen LogP contribution in [0, 0.1) is 5.82 Å². The Bertz CT molecular complexity index is 273. The van der Waals surface area contributed by atoms with E-state index < -0.39 is 0 Å². The summed E-state index contributed by atoms with van der Waals surface area (Å²) in [5, 5.41) is 3.22. The number of hydrogen-bond donors (Lipinski definition) is 1. The van der Waals surface area contributed by atoms with Gasteiger partial charge in [-0.1, -0.05) is 0 Å². The van der Waals surface area contributed by atoms with E-state index in [0.717, 1.165) is 26.2 Å². The van der Waals surface area contributed by atoms with Crippen LogP contribution in [0.1, 0.15) is 0 Å². The quantitative estimate of drug-likeness (QED) is 0.743. The number of aromatic nitrogens is 2. The van der Waals surface area contributed by atoms with Gasteiger partial charge in [-0.25, -0.2) is 14.4 Å². The van der Waals surface area contributed by atoms with Crippen molar-refractivity contribution in [3.05, 3.63) is 18.2 Å². The fourth-order valence-corrected chi connectivity index (χ4v) is 1.33. The Morgan fingerprint density at radius 3 is 2.36 bits per heavy atom. The van der Waals surface area contributed by atoms with Gasteiger partial charge in [-0.3, -0.25) is 0 Å². The van der Waals surface area contributed by atoms with Crippen LogP contribution in [0.3, 0.4) is 0 Å². The van der Waals surface area contributed by atoms with Crippen molar-refractivity contribution >= 4 is 18.4 Å². The molecule has 0 spiro atoms. The molecule has 0 bridgehead atoms. The summed E-state index contributed by atoms with van der Waals surface area (Å²) in [4.78, 5) is 9.87. The Hall–Kier alpha value is -0.940. The lowest BCUT2D eigenvalue weighted by atomic mass is 10.4.